The largest absolute Gasteiger partial charge is 0.342 e. The van der Waals surface area contributed by atoms with Gasteiger partial charge in [-0.25, -0.2) is 4.39 Å². The van der Waals surface area contributed by atoms with E-state index < -0.39 is 0 Å². The fourth-order valence-corrected chi connectivity index (χ4v) is 4.62. The van der Waals surface area contributed by atoms with Crippen molar-refractivity contribution in [2.24, 2.45) is 0 Å². The van der Waals surface area contributed by atoms with E-state index in [4.69, 9.17) is 12.2 Å². The molecule has 1 aliphatic rings. The molecule has 0 radical (unpaired) electrons. The Kier molecular flexibility index (Phi) is 6.01. The first-order valence-corrected chi connectivity index (χ1v) is 10.1. The Morgan fingerprint density at radius 1 is 1.18 bits per heavy atom. The number of piperidine rings is 1. The molecule has 0 saturated carbocycles. The summed E-state index contributed by atoms with van der Waals surface area (Å²) in [7, 11) is 0. The van der Waals surface area contributed by atoms with Gasteiger partial charge in [-0.2, -0.15) is 0 Å². The van der Waals surface area contributed by atoms with Crippen molar-refractivity contribution in [3.05, 3.63) is 60.2 Å². The Labute approximate surface area is 172 Å². The summed E-state index contributed by atoms with van der Waals surface area (Å²) in [5.74, 6) is -0.308. The molecule has 0 spiro atoms. The maximum absolute atomic E-state index is 14.2. The molecule has 1 saturated heterocycles. The molecule has 0 aliphatic carbocycles. The van der Waals surface area contributed by atoms with E-state index in [-0.39, 0.29) is 22.9 Å². The van der Waals surface area contributed by atoms with Gasteiger partial charge in [0.2, 0.25) is 0 Å². The van der Waals surface area contributed by atoms with Crippen LogP contribution in [0.25, 0.3) is 0 Å². The molecule has 0 unspecified atom stereocenters. The van der Waals surface area contributed by atoms with Crippen LogP contribution in [0.4, 0.5) is 10.1 Å². The zero-order valence-corrected chi connectivity index (χ0v) is 17.8. The zero-order valence-electron chi connectivity index (χ0n) is 17.0. The molecule has 0 amide bonds. The lowest BCUT2D eigenvalue weighted by molar-refractivity contribution is 0.101. The topological polar surface area (TPSA) is 40.2 Å². The van der Waals surface area contributed by atoms with E-state index in [0.29, 0.717) is 17.3 Å². The highest BCUT2D eigenvalue weighted by molar-refractivity contribution is 7.80. The second kappa shape index (κ2) is 8.13. The Balaban J connectivity index is 1.88. The van der Waals surface area contributed by atoms with E-state index in [0.717, 1.165) is 18.4 Å². The minimum absolute atomic E-state index is 0.0206. The van der Waals surface area contributed by atoms with Crippen LogP contribution in [0.1, 0.15) is 46.1 Å². The number of hydrogen-bond acceptors (Lipinski definition) is 3. The molecule has 0 atom stereocenters. The molecule has 1 aromatic heterocycles. The van der Waals surface area contributed by atoms with Crippen LogP contribution >= 0.6 is 12.2 Å². The first kappa shape index (κ1) is 20.7. The highest BCUT2D eigenvalue weighted by Crippen LogP contribution is 2.32. The van der Waals surface area contributed by atoms with Crippen LogP contribution in [0, 0.1) is 5.82 Å². The van der Waals surface area contributed by atoms with Crippen molar-refractivity contribution < 1.29 is 4.39 Å². The van der Waals surface area contributed by atoms with Crippen molar-refractivity contribution in [2.75, 3.05) is 5.32 Å². The number of thiocarbonyl (C=S) groups is 1. The number of para-hydroxylation sites is 1. The standard InChI is InChI=1S/C22H29FN4S/c1-21(2)12-17(13-22(3,4)26-21)27(15-16-8-7-11-24-14-16)20(28)25-19-10-6-5-9-18(19)23/h5-11,14,17,26H,12-13,15H2,1-4H3,(H,25,28). The van der Waals surface area contributed by atoms with Gasteiger partial charge in [0.15, 0.2) is 5.11 Å². The minimum Gasteiger partial charge on any atom is -0.342 e. The molecular weight excluding hydrogens is 371 g/mol. The van der Waals surface area contributed by atoms with Crippen molar-refractivity contribution in [3.63, 3.8) is 0 Å². The molecule has 150 valence electrons. The summed E-state index contributed by atoms with van der Waals surface area (Å²) < 4.78 is 14.2. The summed E-state index contributed by atoms with van der Waals surface area (Å²) in [5, 5.41) is 7.37. The van der Waals surface area contributed by atoms with Crippen LogP contribution in [0.3, 0.4) is 0 Å². The number of rotatable bonds is 4. The molecule has 1 fully saturated rings. The fraction of sp³-hybridized carbons (Fsp3) is 0.455. The lowest BCUT2D eigenvalue weighted by Gasteiger charge is -2.50. The van der Waals surface area contributed by atoms with Gasteiger partial charge in [-0.3, -0.25) is 4.98 Å². The van der Waals surface area contributed by atoms with Crippen LogP contribution in [0.15, 0.2) is 48.8 Å². The van der Waals surface area contributed by atoms with E-state index in [2.05, 4.69) is 48.2 Å². The predicted octanol–water partition coefficient (Wildman–Crippen LogP) is 4.73. The Morgan fingerprint density at radius 3 is 2.46 bits per heavy atom. The van der Waals surface area contributed by atoms with Crippen molar-refractivity contribution in [2.45, 2.75) is 64.2 Å². The molecular formula is C22H29FN4S. The quantitative estimate of drug-likeness (QED) is 0.726. The third kappa shape index (κ3) is 5.26. The van der Waals surface area contributed by atoms with Gasteiger partial charge in [0, 0.05) is 36.1 Å². The van der Waals surface area contributed by atoms with E-state index in [1.807, 2.05) is 18.3 Å². The second-order valence-electron chi connectivity index (χ2n) is 8.85. The number of hydrogen-bond donors (Lipinski definition) is 2. The van der Waals surface area contributed by atoms with Crippen molar-refractivity contribution in [1.82, 2.24) is 15.2 Å². The summed E-state index contributed by atoms with van der Waals surface area (Å²) in [6.07, 6.45) is 5.50. The molecule has 6 heteroatoms. The minimum atomic E-state index is -0.308. The van der Waals surface area contributed by atoms with Gasteiger partial charge in [0.25, 0.3) is 0 Å². The number of anilines is 1. The first-order valence-electron chi connectivity index (χ1n) is 9.66. The molecule has 4 nitrogen and oxygen atoms in total. The van der Waals surface area contributed by atoms with Gasteiger partial charge in [-0.1, -0.05) is 18.2 Å². The molecule has 2 N–H and O–H groups in total. The Morgan fingerprint density at radius 2 is 1.86 bits per heavy atom. The molecule has 1 aliphatic heterocycles. The van der Waals surface area contributed by atoms with Gasteiger partial charge in [-0.15, -0.1) is 0 Å². The molecule has 0 bridgehead atoms. The summed E-state index contributed by atoms with van der Waals surface area (Å²) in [6.45, 7) is 9.50. The van der Waals surface area contributed by atoms with Gasteiger partial charge in [-0.05, 0) is 76.5 Å². The fourth-order valence-electron chi connectivity index (χ4n) is 4.29. The number of nitrogens with zero attached hydrogens (tertiary/aromatic N) is 2. The summed E-state index contributed by atoms with van der Waals surface area (Å²) >= 11 is 5.75. The molecule has 28 heavy (non-hydrogen) atoms. The zero-order chi connectivity index (χ0) is 20.4. The van der Waals surface area contributed by atoms with E-state index >= 15 is 0 Å². The second-order valence-corrected chi connectivity index (χ2v) is 9.24. The number of benzene rings is 1. The van der Waals surface area contributed by atoms with Crippen molar-refractivity contribution in [1.29, 1.82) is 0 Å². The molecule has 1 aromatic carbocycles. The summed E-state index contributed by atoms with van der Waals surface area (Å²) in [6, 6.07) is 10.8. The number of pyridine rings is 1. The summed E-state index contributed by atoms with van der Waals surface area (Å²) in [5.41, 5.74) is 1.44. The Hall–Kier alpha value is -2.05. The monoisotopic (exact) mass is 400 g/mol. The van der Waals surface area contributed by atoms with Crippen LogP contribution in [-0.4, -0.2) is 32.1 Å². The van der Waals surface area contributed by atoms with E-state index in [9.17, 15) is 4.39 Å². The van der Waals surface area contributed by atoms with Crippen molar-refractivity contribution >= 4 is 23.0 Å². The van der Waals surface area contributed by atoms with Crippen LogP contribution < -0.4 is 10.6 Å². The highest BCUT2D eigenvalue weighted by atomic mass is 32.1. The number of halogens is 1. The average molecular weight is 401 g/mol. The van der Waals surface area contributed by atoms with E-state index in [1.54, 1.807) is 24.4 Å². The smallest absolute Gasteiger partial charge is 0.174 e. The van der Waals surface area contributed by atoms with Crippen LogP contribution in [0.5, 0.6) is 0 Å². The highest BCUT2D eigenvalue weighted by Gasteiger charge is 2.40. The van der Waals surface area contributed by atoms with Crippen LogP contribution in [0.2, 0.25) is 0 Å². The first-order chi connectivity index (χ1) is 13.2. The third-order valence-corrected chi connectivity index (χ3v) is 5.40. The summed E-state index contributed by atoms with van der Waals surface area (Å²) in [4.78, 5) is 6.42. The third-order valence-electron chi connectivity index (χ3n) is 5.06. The van der Waals surface area contributed by atoms with Crippen LogP contribution in [-0.2, 0) is 6.54 Å². The Bertz CT molecular complexity index is 806. The van der Waals surface area contributed by atoms with Crippen molar-refractivity contribution in [3.8, 4) is 0 Å². The van der Waals surface area contributed by atoms with Gasteiger partial charge in [0.05, 0.1) is 5.69 Å². The van der Waals surface area contributed by atoms with Gasteiger partial charge < -0.3 is 15.5 Å². The number of aromatic nitrogens is 1. The van der Waals surface area contributed by atoms with Gasteiger partial charge >= 0.3 is 0 Å². The van der Waals surface area contributed by atoms with E-state index in [1.165, 1.54) is 6.07 Å². The normalized spacial score (nSPS) is 18.5. The average Bonchev–Trinajstić information content (AvgIpc) is 2.60. The van der Waals surface area contributed by atoms with Gasteiger partial charge in [0.1, 0.15) is 5.82 Å². The maximum Gasteiger partial charge on any atom is 0.174 e. The molecule has 3 rings (SSSR count). The SMILES string of the molecule is CC1(C)CC(N(Cc2cccnc2)C(=S)Nc2ccccc2F)CC(C)(C)N1. The lowest BCUT2D eigenvalue weighted by atomic mass is 9.79. The molecule has 2 aromatic rings. The number of nitrogens with one attached hydrogen (secondary N) is 2. The molecule has 2 heterocycles. The lowest BCUT2D eigenvalue weighted by Crippen LogP contribution is -2.63. The predicted molar refractivity (Wildman–Crippen MR) is 117 cm³/mol. The maximum atomic E-state index is 14.2.